The van der Waals surface area contributed by atoms with Gasteiger partial charge in [0.25, 0.3) is 5.91 Å². The summed E-state index contributed by atoms with van der Waals surface area (Å²) in [5, 5.41) is 5.97. The highest BCUT2D eigenvalue weighted by Gasteiger charge is 2.31. The molecule has 1 aliphatic rings. The normalized spacial score (nSPS) is 14.6. The van der Waals surface area contributed by atoms with E-state index in [0.717, 1.165) is 34.6 Å². The van der Waals surface area contributed by atoms with Crippen molar-refractivity contribution in [3.8, 4) is 11.5 Å². The van der Waals surface area contributed by atoms with Crippen molar-refractivity contribution in [1.82, 2.24) is 0 Å². The number of hydrogen-bond donors (Lipinski definition) is 2. The molecule has 0 bridgehead atoms. The van der Waals surface area contributed by atoms with Gasteiger partial charge in [-0.25, -0.2) is 4.79 Å². The molecule has 2 amide bonds. The number of thioether (sulfide) groups is 1. The number of methoxy groups -OCH3 is 3. The van der Waals surface area contributed by atoms with Crippen molar-refractivity contribution in [3.05, 3.63) is 99.9 Å². The molecule has 0 radical (unpaired) electrons. The minimum absolute atomic E-state index is 0.224. The van der Waals surface area contributed by atoms with Crippen molar-refractivity contribution in [1.29, 1.82) is 0 Å². The maximum absolute atomic E-state index is 13.4. The van der Waals surface area contributed by atoms with Gasteiger partial charge in [0.2, 0.25) is 5.91 Å². The summed E-state index contributed by atoms with van der Waals surface area (Å²) in [6.45, 7) is 1.81. The molecular formula is C34H34N2O6S2. The highest BCUT2D eigenvalue weighted by atomic mass is 32.2. The molecule has 1 aromatic heterocycles. The van der Waals surface area contributed by atoms with Crippen LogP contribution in [0.2, 0.25) is 0 Å². The Kier molecular flexibility index (Phi) is 9.92. The first-order valence-electron chi connectivity index (χ1n) is 14.2. The zero-order chi connectivity index (χ0) is 31.2. The number of benzene rings is 3. The predicted octanol–water partition coefficient (Wildman–Crippen LogP) is 7.20. The van der Waals surface area contributed by atoms with Crippen LogP contribution in [0.1, 0.15) is 56.0 Å². The van der Waals surface area contributed by atoms with E-state index in [0.29, 0.717) is 39.2 Å². The molecule has 2 atom stereocenters. The Balaban J connectivity index is 1.27. The number of nitrogens with one attached hydrogen (secondary N) is 2. The number of anilines is 2. The quantitative estimate of drug-likeness (QED) is 0.141. The maximum atomic E-state index is 13.4. The molecule has 0 saturated heterocycles. The van der Waals surface area contributed by atoms with Crippen molar-refractivity contribution >= 4 is 51.6 Å². The summed E-state index contributed by atoms with van der Waals surface area (Å²) in [7, 11) is 4.42. The fourth-order valence-corrected chi connectivity index (χ4v) is 7.55. The molecule has 3 aromatic carbocycles. The van der Waals surface area contributed by atoms with Crippen molar-refractivity contribution < 1.29 is 28.6 Å². The molecule has 44 heavy (non-hydrogen) atoms. The minimum atomic E-state index is -0.478. The first kappa shape index (κ1) is 31.2. The average Bonchev–Trinajstić information content (AvgIpc) is 3.41. The molecular weight excluding hydrogens is 597 g/mol. The molecule has 228 valence electrons. The number of esters is 1. The van der Waals surface area contributed by atoms with Crippen LogP contribution in [0.3, 0.4) is 0 Å². The number of fused-ring (bicyclic) bond motifs is 1. The van der Waals surface area contributed by atoms with E-state index < -0.39 is 11.2 Å². The van der Waals surface area contributed by atoms with Crippen molar-refractivity contribution in [2.24, 2.45) is 0 Å². The van der Waals surface area contributed by atoms with Crippen molar-refractivity contribution in [2.45, 2.75) is 42.2 Å². The lowest BCUT2D eigenvalue weighted by Gasteiger charge is -2.22. The first-order valence-corrected chi connectivity index (χ1v) is 15.9. The zero-order valence-corrected chi connectivity index (χ0v) is 26.6. The van der Waals surface area contributed by atoms with Gasteiger partial charge in [-0.15, -0.1) is 23.1 Å². The topological polar surface area (TPSA) is 103 Å². The summed E-state index contributed by atoms with van der Waals surface area (Å²) in [6.07, 6.45) is 2.49. The summed E-state index contributed by atoms with van der Waals surface area (Å²) in [5.41, 5.74) is 3.73. The SMILES string of the molecule is COC(=O)c1c(NC(=O)C(C)Sc2cccc(NC(=O)c3ccc(OC)c(OC)c3)c2)sc2c1CCC(c1ccccc1)C2. The van der Waals surface area contributed by atoms with Gasteiger partial charge in [0.05, 0.1) is 32.1 Å². The second kappa shape index (κ2) is 14.0. The smallest absolute Gasteiger partial charge is 0.341 e. The van der Waals surface area contributed by atoms with Gasteiger partial charge in [0.1, 0.15) is 5.00 Å². The molecule has 0 aliphatic heterocycles. The highest BCUT2D eigenvalue weighted by Crippen LogP contribution is 2.43. The molecule has 0 fully saturated rings. The van der Waals surface area contributed by atoms with E-state index in [4.69, 9.17) is 14.2 Å². The summed E-state index contributed by atoms with van der Waals surface area (Å²) >= 11 is 2.82. The van der Waals surface area contributed by atoms with Gasteiger partial charge in [0.15, 0.2) is 11.5 Å². The van der Waals surface area contributed by atoms with E-state index >= 15 is 0 Å². The van der Waals surface area contributed by atoms with E-state index in [9.17, 15) is 14.4 Å². The molecule has 8 nitrogen and oxygen atoms in total. The third-order valence-corrected chi connectivity index (χ3v) is 9.85. The monoisotopic (exact) mass is 630 g/mol. The zero-order valence-electron chi connectivity index (χ0n) is 25.0. The van der Waals surface area contributed by atoms with Crippen LogP contribution in [-0.2, 0) is 22.4 Å². The Bertz CT molecular complexity index is 1670. The van der Waals surface area contributed by atoms with Crippen LogP contribution < -0.4 is 20.1 Å². The molecule has 4 aromatic rings. The number of hydrogen-bond acceptors (Lipinski definition) is 8. The summed E-state index contributed by atoms with van der Waals surface area (Å²) < 4.78 is 15.7. The Labute approximate surface area is 265 Å². The fraction of sp³-hybridized carbons (Fsp3) is 0.265. The number of carbonyl (C=O) groups is 3. The number of thiophene rings is 1. The third-order valence-electron chi connectivity index (χ3n) is 7.58. The second-order valence-electron chi connectivity index (χ2n) is 10.4. The molecule has 2 N–H and O–H groups in total. The number of ether oxygens (including phenoxy) is 3. The number of carbonyl (C=O) groups excluding carboxylic acids is 3. The molecule has 1 aliphatic carbocycles. The summed E-state index contributed by atoms with van der Waals surface area (Å²) in [5.74, 6) is 0.401. The number of rotatable bonds is 10. The van der Waals surface area contributed by atoms with Gasteiger partial charge < -0.3 is 24.8 Å². The fourth-order valence-electron chi connectivity index (χ4n) is 5.30. The molecule has 2 unspecified atom stereocenters. The van der Waals surface area contributed by atoms with Crippen LogP contribution in [0.25, 0.3) is 0 Å². The second-order valence-corrected chi connectivity index (χ2v) is 12.9. The number of amides is 2. The van der Waals surface area contributed by atoms with Gasteiger partial charge in [-0.1, -0.05) is 36.4 Å². The van der Waals surface area contributed by atoms with Crippen LogP contribution in [0.15, 0.2) is 77.7 Å². The van der Waals surface area contributed by atoms with Gasteiger partial charge in [0, 0.05) is 21.0 Å². The first-order chi connectivity index (χ1) is 21.3. The highest BCUT2D eigenvalue weighted by molar-refractivity contribution is 8.00. The van der Waals surface area contributed by atoms with Crippen molar-refractivity contribution in [2.75, 3.05) is 32.0 Å². The lowest BCUT2D eigenvalue weighted by atomic mass is 9.83. The molecule has 0 saturated carbocycles. The van der Waals surface area contributed by atoms with Crippen molar-refractivity contribution in [3.63, 3.8) is 0 Å². The van der Waals surface area contributed by atoms with Gasteiger partial charge in [-0.05, 0) is 79.6 Å². The van der Waals surface area contributed by atoms with Crippen LogP contribution in [-0.4, -0.2) is 44.4 Å². The van der Waals surface area contributed by atoms with Gasteiger partial charge >= 0.3 is 5.97 Å². The Morgan fingerprint density at radius 2 is 1.68 bits per heavy atom. The minimum Gasteiger partial charge on any atom is -0.493 e. The van der Waals surface area contributed by atoms with Crippen LogP contribution in [0, 0.1) is 0 Å². The largest absolute Gasteiger partial charge is 0.493 e. The lowest BCUT2D eigenvalue weighted by molar-refractivity contribution is -0.115. The van der Waals surface area contributed by atoms with Crippen LogP contribution in [0.4, 0.5) is 10.7 Å². The third kappa shape index (κ3) is 6.92. The van der Waals surface area contributed by atoms with Crippen LogP contribution in [0.5, 0.6) is 11.5 Å². The van der Waals surface area contributed by atoms with Gasteiger partial charge in [-0.3, -0.25) is 9.59 Å². The Morgan fingerprint density at radius 3 is 2.41 bits per heavy atom. The van der Waals surface area contributed by atoms with Crippen LogP contribution >= 0.6 is 23.1 Å². The summed E-state index contributed by atoms with van der Waals surface area (Å²) in [4.78, 5) is 41.0. The van der Waals surface area contributed by atoms with E-state index in [1.54, 1.807) is 24.3 Å². The van der Waals surface area contributed by atoms with E-state index in [1.165, 1.54) is 50.0 Å². The maximum Gasteiger partial charge on any atom is 0.341 e. The van der Waals surface area contributed by atoms with E-state index in [1.807, 2.05) is 43.3 Å². The molecule has 5 rings (SSSR count). The Hall–Kier alpha value is -4.28. The summed E-state index contributed by atoms with van der Waals surface area (Å²) in [6, 6.07) is 22.7. The van der Waals surface area contributed by atoms with E-state index in [-0.39, 0.29) is 11.8 Å². The van der Waals surface area contributed by atoms with Gasteiger partial charge in [-0.2, -0.15) is 0 Å². The lowest BCUT2D eigenvalue weighted by Crippen LogP contribution is -2.23. The molecule has 10 heteroatoms. The standard InChI is InChI=1S/C34H34N2O6S2/c1-20(43-25-12-8-11-24(19-25)35-32(38)23-14-16-27(40-2)28(17-23)41-3)31(37)36-33-30(34(39)42-4)26-15-13-22(18-29(26)44-33)21-9-6-5-7-10-21/h5-12,14,16-17,19-20,22H,13,15,18H2,1-4H3,(H,35,38)(H,36,37). The Morgan fingerprint density at radius 1 is 0.909 bits per heavy atom. The van der Waals surface area contributed by atoms with E-state index in [2.05, 4.69) is 22.8 Å². The predicted molar refractivity (Wildman–Crippen MR) is 175 cm³/mol. The average molecular weight is 631 g/mol. The molecule has 1 heterocycles. The molecule has 0 spiro atoms.